The van der Waals surface area contributed by atoms with Crippen LogP contribution in [0.15, 0.2) is 24.3 Å². The van der Waals surface area contributed by atoms with Gasteiger partial charge in [-0.25, -0.2) is 0 Å². The lowest BCUT2D eigenvalue weighted by Crippen LogP contribution is -2.34. The number of carbonyl (C=O) groups excluding carboxylic acids is 2. The molecule has 5 heteroatoms. The number of aliphatic hydroxyl groups excluding tert-OH is 1. The zero-order chi connectivity index (χ0) is 13.0. The molecule has 0 amide bonds. The maximum atomic E-state index is 12.0. The van der Waals surface area contributed by atoms with E-state index in [1.54, 1.807) is 24.3 Å². The Bertz CT molecular complexity index is 411. The van der Waals surface area contributed by atoms with Crippen LogP contribution in [0.3, 0.4) is 0 Å². The van der Waals surface area contributed by atoms with Crippen molar-refractivity contribution in [1.29, 1.82) is 0 Å². The molecule has 92 valence electrons. The van der Waals surface area contributed by atoms with Crippen molar-refractivity contribution in [3.05, 3.63) is 33.4 Å². The summed E-state index contributed by atoms with van der Waals surface area (Å²) in [6.07, 6.45) is -1.07. The predicted molar refractivity (Wildman–Crippen MR) is 70.7 cm³/mol. The summed E-state index contributed by atoms with van der Waals surface area (Å²) in [7, 11) is 1.19. The second kappa shape index (κ2) is 6.11. The van der Waals surface area contributed by atoms with Crippen LogP contribution >= 0.6 is 22.6 Å². The number of ether oxygens (including phenoxy) is 1. The Kier molecular flexibility index (Phi) is 5.07. The molecule has 0 bridgehead atoms. The Morgan fingerprint density at radius 2 is 1.82 bits per heavy atom. The van der Waals surface area contributed by atoms with Crippen molar-refractivity contribution in [2.45, 2.75) is 13.0 Å². The molecule has 0 saturated heterocycles. The third kappa shape index (κ3) is 3.50. The average molecular weight is 348 g/mol. The van der Waals surface area contributed by atoms with Gasteiger partial charge in [-0.15, -0.1) is 0 Å². The molecule has 1 aromatic carbocycles. The van der Waals surface area contributed by atoms with Crippen LogP contribution in [0.4, 0.5) is 0 Å². The highest BCUT2D eigenvalue weighted by Crippen LogP contribution is 2.16. The fraction of sp³-hybridized carbons (Fsp3) is 0.333. The second-order valence-electron chi connectivity index (χ2n) is 3.61. The number of hydrogen-bond donors (Lipinski definition) is 1. The molecule has 2 unspecified atom stereocenters. The molecule has 0 spiro atoms. The van der Waals surface area contributed by atoms with E-state index in [2.05, 4.69) is 27.3 Å². The van der Waals surface area contributed by atoms with Crippen molar-refractivity contribution in [2.24, 2.45) is 5.92 Å². The fourth-order valence-electron chi connectivity index (χ4n) is 1.44. The number of ketones is 1. The molecule has 0 aromatic heterocycles. The van der Waals surface area contributed by atoms with Crippen molar-refractivity contribution in [1.82, 2.24) is 0 Å². The molecule has 1 N–H and O–H groups in total. The summed E-state index contributed by atoms with van der Waals surface area (Å²) in [6, 6.07) is 6.79. The Labute approximate surface area is 113 Å². The van der Waals surface area contributed by atoms with Gasteiger partial charge in [-0.3, -0.25) is 9.59 Å². The standard InChI is InChI=1S/C12H13IO4/c1-7(14)10(12(16)17-2)11(15)8-3-5-9(13)6-4-8/h3-7,10,14H,1-2H3. The summed E-state index contributed by atoms with van der Waals surface area (Å²) in [5.74, 6) is -2.31. The van der Waals surface area contributed by atoms with Gasteiger partial charge in [0.1, 0.15) is 5.92 Å². The number of methoxy groups -OCH3 is 1. The van der Waals surface area contributed by atoms with E-state index in [0.29, 0.717) is 5.56 Å². The molecule has 0 radical (unpaired) electrons. The van der Waals surface area contributed by atoms with Gasteiger partial charge in [0.25, 0.3) is 0 Å². The number of hydrogen-bond acceptors (Lipinski definition) is 4. The first-order valence-corrected chi connectivity index (χ1v) is 6.11. The van der Waals surface area contributed by atoms with Crippen LogP contribution in [0.5, 0.6) is 0 Å². The first-order valence-electron chi connectivity index (χ1n) is 5.03. The smallest absolute Gasteiger partial charge is 0.319 e. The van der Waals surface area contributed by atoms with Crippen molar-refractivity contribution < 1.29 is 19.4 Å². The van der Waals surface area contributed by atoms with Crippen molar-refractivity contribution in [2.75, 3.05) is 7.11 Å². The minimum Gasteiger partial charge on any atom is -0.468 e. The molecule has 0 aliphatic heterocycles. The van der Waals surface area contributed by atoms with Gasteiger partial charge in [-0.2, -0.15) is 0 Å². The largest absolute Gasteiger partial charge is 0.468 e. The number of esters is 1. The highest BCUT2D eigenvalue weighted by atomic mass is 127. The third-order valence-electron chi connectivity index (χ3n) is 2.35. The number of aliphatic hydroxyl groups is 1. The number of rotatable bonds is 4. The molecule has 1 rings (SSSR count). The van der Waals surface area contributed by atoms with Gasteiger partial charge in [-0.05, 0) is 41.6 Å². The topological polar surface area (TPSA) is 63.6 Å². The maximum absolute atomic E-state index is 12.0. The van der Waals surface area contributed by atoms with E-state index in [4.69, 9.17) is 0 Å². The minimum atomic E-state index is -1.17. The SMILES string of the molecule is COC(=O)C(C(=O)c1ccc(I)cc1)C(C)O. The highest BCUT2D eigenvalue weighted by Gasteiger charge is 2.32. The highest BCUT2D eigenvalue weighted by molar-refractivity contribution is 14.1. The van der Waals surface area contributed by atoms with E-state index in [1.807, 2.05) is 0 Å². The summed E-state index contributed by atoms with van der Waals surface area (Å²) in [4.78, 5) is 23.5. The normalized spacial score (nSPS) is 13.9. The quantitative estimate of drug-likeness (QED) is 0.389. The van der Waals surface area contributed by atoms with Gasteiger partial charge in [0, 0.05) is 9.13 Å². The van der Waals surface area contributed by atoms with Gasteiger partial charge in [-0.1, -0.05) is 12.1 Å². The van der Waals surface area contributed by atoms with Crippen LogP contribution in [0, 0.1) is 9.49 Å². The number of carbonyl (C=O) groups is 2. The van der Waals surface area contributed by atoms with E-state index in [-0.39, 0.29) is 0 Å². The lowest BCUT2D eigenvalue weighted by molar-refractivity contribution is -0.146. The molecule has 2 atom stereocenters. The first kappa shape index (κ1) is 14.1. The summed E-state index contributed by atoms with van der Waals surface area (Å²) >= 11 is 2.12. The lowest BCUT2D eigenvalue weighted by atomic mass is 9.93. The zero-order valence-electron chi connectivity index (χ0n) is 9.51. The lowest BCUT2D eigenvalue weighted by Gasteiger charge is -2.16. The molecule has 4 nitrogen and oxygen atoms in total. The summed E-state index contributed by atoms with van der Waals surface area (Å²) in [5, 5.41) is 9.48. The molecular formula is C12H13IO4. The van der Waals surface area contributed by atoms with E-state index in [1.165, 1.54) is 14.0 Å². The Balaban J connectivity index is 3.00. The van der Waals surface area contributed by atoms with Gasteiger partial charge in [0.15, 0.2) is 5.78 Å². The van der Waals surface area contributed by atoms with Crippen LogP contribution in [0.2, 0.25) is 0 Å². The Morgan fingerprint density at radius 1 is 1.29 bits per heavy atom. The minimum absolute atomic E-state index is 0.390. The van der Waals surface area contributed by atoms with Crippen LogP contribution < -0.4 is 0 Å². The summed E-state index contributed by atoms with van der Waals surface area (Å²) in [5.41, 5.74) is 0.390. The molecular weight excluding hydrogens is 335 g/mol. The van der Waals surface area contributed by atoms with Crippen LogP contribution in [0.25, 0.3) is 0 Å². The zero-order valence-corrected chi connectivity index (χ0v) is 11.7. The van der Waals surface area contributed by atoms with E-state index >= 15 is 0 Å². The molecule has 0 aliphatic carbocycles. The summed E-state index contributed by atoms with van der Waals surface area (Å²) < 4.78 is 5.51. The molecule has 0 saturated carbocycles. The van der Waals surface area contributed by atoms with Crippen molar-refractivity contribution >= 4 is 34.3 Å². The monoisotopic (exact) mass is 348 g/mol. The van der Waals surface area contributed by atoms with Crippen LogP contribution in [-0.2, 0) is 9.53 Å². The molecule has 1 aromatic rings. The second-order valence-corrected chi connectivity index (χ2v) is 4.86. The number of Topliss-reactive ketones (excluding diaryl/α,β-unsaturated/α-hetero) is 1. The van der Waals surface area contributed by atoms with Crippen LogP contribution in [-0.4, -0.2) is 30.1 Å². The Morgan fingerprint density at radius 3 is 2.24 bits per heavy atom. The van der Waals surface area contributed by atoms with Gasteiger partial charge in [0.05, 0.1) is 13.2 Å². The number of benzene rings is 1. The number of halogens is 1. The van der Waals surface area contributed by atoms with Crippen molar-refractivity contribution in [3.63, 3.8) is 0 Å². The molecule has 0 fully saturated rings. The summed E-state index contributed by atoms with van der Waals surface area (Å²) in [6.45, 7) is 1.40. The maximum Gasteiger partial charge on any atom is 0.319 e. The van der Waals surface area contributed by atoms with Crippen molar-refractivity contribution in [3.8, 4) is 0 Å². The first-order chi connectivity index (χ1) is 7.97. The van der Waals surface area contributed by atoms with E-state index in [0.717, 1.165) is 3.57 Å². The third-order valence-corrected chi connectivity index (χ3v) is 3.07. The predicted octanol–water partition coefficient (Wildman–Crippen LogP) is 1.64. The molecule has 17 heavy (non-hydrogen) atoms. The average Bonchev–Trinajstić information content (AvgIpc) is 2.29. The molecule has 0 aliphatic rings. The van der Waals surface area contributed by atoms with Gasteiger partial charge in [0.2, 0.25) is 0 Å². The van der Waals surface area contributed by atoms with E-state index in [9.17, 15) is 14.7 Å². The van der Waals surface area contributed by atoms with Crippen LogP contribution in [0.1, 0.15) is 17.3 Å². The Hall–Kier alpha value is -0.950. The van der Waals surface area contributed by atoms with E-state index < -0.39 is 23.8 Å². The van der Waals surface area contributed by atoms with Gasteiger partial charge >= 0.3 is 5.97 Å². The molecule has 0 heterocycles. The fourth-order valence-corrected chi connectivity index (χ4v) is 1.80. The van der Waals surface area contributed by atoms with Gasteiger partial charge < -0.3 is 9.84 Å².